The largest absolute Gasteiger partial charge is 0.535 e. The Morgan fingerprint density at radius 3 is 0.800 bits per heavy atom. The Labute approximate surface area is 49.5 Å². The molecular formula is CF8S. The molecule has 0 atom stereocenters. The Balaban J connectivity index is 5.14. The van der Waals surface area contributed by atoms with E-state index < -0.39 is 15.7 Å². The lowest BCUT2D eigenvalue weighted by Gasteiger charge is -2.40. The van der Waals surface area contributed by atoms with Crippen LogP contribution in [-0.2, 0) is 0 Å². The maximum atomic E-state index is 10.6. The molecule has 0 saturated heterocycles. The first-order valence-electron chi connectivity index (χ1n) is 1.54. The first-order chi connectivity index (χ1) is 3.75. The molecule has 66 valence electrons. The van der Waals surface area contributed by atoms with Crippen LogP contribution >= 0.6 is 10.2 Å². The second-order valence-electron chi connectivity index (χ2n) is 1.41. The molecule has 0 aliphatic rings. The molecule has 0 nitrogen and oxygen atoms in total. The number of hydrogen-bond acceptors (Lipinski definition) is 0. The second-order valence-corrected chi connectivity index (χ2v) is 3.82. The lowest BCUT2D eigenvalue weighted by molar-refractivity contribution is -0.0800. The molecule has 0 aromatic carbocycles. The summed E-state index contributed by atoms with van der Waals surface area (Å²) in [6.45, 7) is 0. The lowest BCUT2D eigenvalue weighted by Crippen LogP contribution is -2.27. The molecule has 0 aliphatic heterocycles. The highest BCUT2D eigenvalue weighted by molar-refractivity contribution is 8.46. The fourth-order valence-electron chi connectivity index (χ4n) is 0. The van der Waals surface area contributed by atoms with Crippen LogP contribution in [0, 0.1) is 0 Å². The van der Waals surface area contributed by atoms with Crippen molar-refractivity contribution in [3.8, 4) is 0 Å². The maximum absolute atomic E-state index is 11.2. The van der Waals surface area contributed by atoms with Crippen LogP contribution < -0.4 is 0 Å². The first-order valence-corrected chi connectivity index (χ1v) is 3.49. The smallest absolute Gasteiger partial charge is 0.153 e. The molecule has 0 aromatic heterocycles. The van der Waals surface area contributed by atoms with Crippen molar-refractivity contribution in [1.29, 1.82) is 0 Å². The second kappa shape index (κ2) is 1.23. The standard InChI is InChI=1S/CF8S/c2-1(3,4)10(5,6,7,8)9. The zero-order valence-electron chi connectivity index (χ0n) is 3.93. The molecule has 0 radical (unpaired) electrons. The van der Waals surface area contributed by atoms with Crippen LogP contribution in [0.5, 0.6) is 0 Å². The van der Waals surface area contributed by atoms with Crippen LogP contribution in [0.25, 0.3) is 0 Å². The summed E-state index contributed by atoms with van der Waals surface area (Å²) in [4.78, 5) is 0. The van der Waals surface area contributed by atoms with E-state index in [9.17, 15) is 32.6 Å². The summed E-state index contributed by atoms with van der Waals surface area (Å²) in [5, 5.41) is 0. The highest BCUT2D eigenvalue weighted by atomic mass is 32.5. The molecule has 0 bridgehead atoms. The van der Waals surface area contributed by atoms with Crippen LogP contribution in [0.4, 0.5) is 32.6 Å². The van der Waals surface area contributed by atoms with E-state index in [4.69, 9.17) is 0 Å². The Morgan fingerprint density at radius 2 is 0.800 bits per heavy atom. The fourth-order valence-corrected chi connectivity index (χ4v) is 0. The van der Waals surface area contributed by atoms with E-state index in [0.717, 1.165) is 0 Å². The van der Waals surface area contributed by atoms with Crippen LogP contribution in [0.2, 0.25) is 0 Å². The molecule has 0 rings (SSSR count). The summed E-state index contributed by atoms with van der Waals surface area (Å²) in [6.07, 6.45) is 0. The molecule has 0 unspecified atom stereocenters. The molecule has 0 amide bonds. The average molecular weight is 196 g/mol. The summed E-state index contributed by atoms with van der Waals surface area (Å²) in [6, 6.07) is 0. The number of rotatable bonds is 0. The molecular weight excluding hydrogens is 196 g/mol. The Hall–Kier alpha value is -0.210. The third-order valence-corrected chi connectivity index (χ3v) is 1.31. The van der Waals surface area contributed by atoms with Crippen molar-refractivity contribution < 1.29 is 32.6 Å². The minimum absolute atomic E-state index is 7.40. The third kappa shape index (κ3) is 1.64. The molecule has 10 heavy (non-hydrogen) atoms. The number of alkyl halides is 3. The molecule has 0 aromatic rings. The van der Waals surface area contributed by atoms with Crippen LogP contribution in [0.15, 0.2) is 0 Å². The van der Waals surface area contributed by atoms with Gasteiger partial charge in [0.25, 0.3) is 0 Å². The van der Waals surface area contributed by atoms with Gasteiger partial charge in [0.05, 0.1) is 0 Å². The monoisotopic (exact) mass is 196 g/mol. The minimum atomic E-state index is -11.2. The molecule has 9 heteroatoms. The van der Waals surface area contributed by atoms with Gasteiger partial charge >= 0.3 is 15.7 Å². The molecule has 0 aliphatic carbocycles. The predicted molar refractivity (Wildman–Crippen MR) is 19.2 cm³/mol. The van der Waals surface area contributed by atoms with Gasteiger partial charge in [-0.3, -0.25) is 0 Å². The van der Waals surface area contributed by atoms with Gasteiger partial charge in [0.15, 0.2) is 0 Å². The Bertz CT molecular complexity index is 139. The molecule has 0 heterocycles. The molecule has 0 N–H and O–H groups in total. The van der Waals surface area contributed by atoms with Gasteiger partial charge in [-0.1, -0.05) is 19.4 Å². The van der Waals surface area contributed by atoms with Gasteiger partial charge in [0.1, 0.15) is 0 Å². The van der Waals surface area contributed by atoms with Gasteiger partial charge in [-0.15, -0.1) is 0 Å². The summed E-state index contributed by atoms with van der Waals surface area (Å²) in [7, 11) is -11.2. The third-order valence-electron chi connectivity index (χ3n) is 0.437. The zero-order valence-corrected chi connectivity index (χ0v) is 4.75. The number of halogens is 8. The van der Waals surface area contributed by atoms with E-state index in [1.54, 1.807) is 0 Å². The van der Waals surface area contributed by atoms with E-state index in [2.05, 4.69) is 0 Å². The van der Waals surface area contributed by atoms with Gasteiger partial charge in [-0.05, 0) is 0 Å². The normalized spacial score (nSPS) is 21.6. The van der Waals surface area contributed by atoms with E-state index in [0.29, 0.717) is 0 Å². The van der Waals surface area contributed by atoms with E-state index in [1.165, 1.54) is 0 Å². The quantitative estimate of drug-likeness (QED) is 0.517. The first kappa shape index (κ1) is 9.79. The zero-order chi connectivity index (χ0) is 8.91. The van der Waals surface area contributed by atoms with Crippen molar-refractivity contribution in [2.75, 3.05) is 0 Å². The topological polar surface area (TPSA) is 0 Å². The lowest BCUT2D eigenvalue weighted by atomic mass is 11.6. The summed E-state index contributed by atoms with van der Waals surface area (Å²) in [5.74, 6) is 0. The van der Waals surface area contributed by atoms with Crippen LogP contribution in [-0.4, -0.2) is 5.51 Å². The highest BCUT2D eigenvalue weighted by Crippen LogP contribution is 3.04. The Morgan fingerprint density at radius 1 is 0.700 bits per heavy atom. The Kier molecular flexibility index (Phi) is 1.21. The van der Waals surface area contributed by atoms with Crippen molar-refractivity contribution in [3.05, 3.63) is 0 Å². The van der Waals surface area contributed by atoms with Crippen molar-refractivity contribution in [3.63, 3.8) is 0 Å². The summed E-state index contributed by atoms with van der Waals surface area (Å²) >= 11 is 0. The SMILES string of the molecule is FC(F)(F)S(F)(F)(F)(F)F. The van der Waals surface area contributed by atoms with Gasteiger partial charge in [0.2, 0.25) is 0 Å². The number of hydrogen-bond donors (Lipinski definition) is 0. The van der Waals surface area contributed by atoms with E-state index in [1.807, 2.05) is 0 Å². The van der Waals surface area contributed by atoms with Crippen LogP contribution in [0.1, 0.15) is 0 Å². The molecule has 0 spiro atoms. The van der Waals surface area contributed by atoms with Gasteiger partial charge in [-0.25, -0.2) is 0 Å². The minimum Gasteiger partial charge on any atom is -0.153 e. The summed E-state index contributed by atoms with van der Waals surface area (Å²) in [5.41, 5.74) is -7.40. The van der Waals surface area contributed by atoms with E-state index >= 15 is 0 Å². The molecule has 0 saturated carbocycles. The van der Waals surface area contributed by atoms with Crippen molar-refractivity contribution in [1.82, 2.24) is 0 Å². The van der Waals surface area contributed by atoms with Crippen molar-refractivity contribution >= 4 is 10.2 Å². The molecule has 0 fully saturated rings. The van der Waals surface area contributed by atoms with Crippen molar-refractivity contribution in [2.24, 2.45) is 0 Å². The maximum Gasteiger partial charge on any atom is 0.535 e. The van der Waals surface area contributed by atoms with Gasteiger partial charge in [-0.2, -0.15) is 13.2 Å². The van der Waals surface area contributed by atoms with Crippen LogP contribution in [0.3, 0.4) is 0 Å². The van der Waals surface area contributed by atoms with Gasteiger partial charge < -0.3 is 0 Å². The fraction of sp³-hybridized carbons (Fsp3) is 1.00. The predicted octanol–water partition coefficient (Wildman–Crippen LogP) is 3.80. The average Bonchev–Trinajstić information content (AvgIpc) is 1.16. The van der Waals surface area contributed by atoms with E-state index in [-0.39, 0.29) is 0 Å². The van der Waals surface area contributed by atoms with Crippen molar-refractivity contribution in [2.45, 2.75) is 5.51 Å². The van der Waals surface area contributed by atoms with Gasteiger partial charge in [0, 0.05) is 0 Å². The summed E-state index contributed by atoms with van der Waals surface area (Å²) < 4.78 is 84.5. The highest BCUT2D eigenvalue weighted by Gasteiger charge is 2.85.